The minimum Gasteiger partial charge on any atom is -0.427 e. The van der Waals surface area contributed by atoms with Gasteiger partial charge in [-0.05, 0) is 18.6 Å². The number of rotatable bonds is 2. The van der Waals surface area contributed by atoms with Gasteiger partial charge in [0.1, 0.15) is 0 Å². The third kappa shape index (κ3) is 2.62. The quantitative estimate of drug-likeness (QED) is 0.774. The number of nitrogens with zero attached hydrogens (tertiary/aromatic N) is 1. The van der Waals surface area contributed by atoms with Gasteiger partial charge in [-0.25, -0.2) is 0 Å². The Kier molecular flexibility index (Phi) is 3.71. The van der Waals surface area contributed by atoms with E-state index in [9.17, 15) is 4.79 Å². The summed E-state index contributed by atoms with van der Waals surface area (Å²) in [6.07, 6.45) is 0.605. The van der Waals surface area contributed by atoms with Crippen LogP contribution in [0, 0.1) is 0 Å². The highest BCUT2D eigenvalue weighted by atomic mass is 35.5. The van der Waals surface area contributed by atoms with Crippen LogP contribution in [0.1, 0.15) is 16.8 Å². The number of hydrogen-bond acceptors (Lipinski definition) is 3. The zero-order chi connectivity index (χ0) is 12.4. The van der Waals surface area contributed by atoms with Crippen molar-refractivity contribution < 1.29 is 14.8 Å². The molecule has 1 heterocycles. The molecule has 1 aliphatic rings. The molecule has 1 fully saturated rings. The van der Waals surface area contributed by atoms with Crippen LogP contribution in [0.5, 0.6) is 0 Å². The minimum absolute atomic E-state index is 0.154. The van der Waals surface area contributed by atoms with Crippen LogP contribution in [0.2, 0.25) is 10.8 Å². The molecular weight excluding hydrogens is 240 g/mol. The first-order valence-electron chi connectivity index (χ1n) is 5.49. The molecule has 2 rings (SSSR count). The molecule has 1 aliphatic heterocycles. The summed E-state index contributed by atoms with van der Waals surface area (Å²) in [7, 11) is -1.36. The van der Waals surface area contributed by atoms with Gasteiger partial charge < -0.3 is 14.9 Å². The maximum atomic E-state index is 12.1. The van der Waals surface area contributed by atoms with Crippen molar-refractivity contribution in [2.75, 3.05) is 13.1 Å². The predicted octanol–water partition coefficient (Wildman–Crippen LogP) is 1.03. The first kappa shape index (κ1) is 12.4. The van der Waals surface area contributed by atoms with Gasteiger partial charge in [0.25, 0.3) is 5.91 Å². The van der Waals surface area contributed by atoms with Crippen molar-refractivity contribution in [3.8, 4) is 0 Å². The molecule has 0 saturated carbocycles. The van der Waals surface area contributed by atoms with E-state index in [0.29, 0.717) is 30.1 Å². The van der Waals surface area contributed by atoms with Crippen molar-refractivity contribution in [1.82, 2.24) is 4.90 Å². The van der Waals surface area contributed by atoms with Crippen LogP contribution in [0.4, 0.5) is 0 Å². The number of carbonyl (C=O) groups is 1. The van der Waals surface area contributed by atoms with Crippen LogP contribution in [0.25, 0.3) is 0 Å². The Morgan fingerprint density at radius 2 is 2.12 bits per heavy atom. The van der Waals surface area contributed by atoms with Crippen LogP contribution in [0.15, 0.2) is 24.3 Å². The number of benzene rings is 1. The molecule has 0 spiro atoms. The highest BCUT2D eigenvalue weighted by Crippen LogP contribution is 2.26. The summed E-state index contributed by atoms with van der Waals surface area (Å²) < 4.78 is 0. The Balaban J connectivity index is 2.10. The zero-order valence-corrected chi connectivity index (χ0v) is 9.97. The van der Waals surface area contributed by atoms with Gasteiger partial charge in [-0.3, -0.25) is 4.79 Å². The summed E-state index contributed by atoms with van der Waals surface area (Å²) in [6.45, 7) is 0.897. The molecule has 6 heteroatoms. The lowest BCUT2D eigenvalue weighted by Gasteiger charge is -2.17. The fourth-order valence-electron chi connectivity index (χ4n) is 2.02. The smallest absolute Gasteiger partial charge is 0.427 e. The van der Waals surface area contributed by atoms with Gasteiger partial charge in [-0.15, -0.1) is 0 Å². The van der Waals surface area contributed by atoms with Gasteiger partial charge in [-0.2, -0.15) is 0 Å². The Hall–Kier alpha value is -1.04. The maximum Gasteiger partial charge on any atom is 0.456 e. The number of halogens is 1. The van der Waals surface area contributed by atoms with E-state index >= 15 is 0 Å². The van der Waals surface area contributed by atoms with Gasteiger partial charge in [0.2, 0.25) is 0 Å². The number of hydrogen-bond donors (Lipinski definition) is 2. The molecule has 1 aromatic rings. The van der Waals surface area contributed by atoms with E-state index in [4.69, 9.17) is 21.6 Å². The predicted molar refractivity (Wildman–Crippen MR) is 65.9 cm³/mol. The SMILES string of the molecule is O=C(c1ccccc1Cl)N1CCC(B(O)O)C1. The summed E-state index contributed by atoms with van der Waals surface area (Å²) in [5.41, 5.74) is 0.460. The van der Waals surface area contributed by atoms with E-state index in [0.717, 1.165) is 0 Å². The van der Waals surface area contributed by atoms with E-state index in [1.54, 1.807) is 29.2 Å². The van der Waals surface area contributed by atoms with Gasteiger partial charge in [0.15, 0.2) is 0 Å². The van der Waals surface area contributed by atoms with Gasteiger partial charge >= 0.3 is 7.12 Å². The monoisotopic (exact) mass is 253 g/mol. The maximum absolute atomic E-state index is 12.1. The van der Waals surface area contributed by atoms with Crippen molar-refractivity contribution in [1.29, 1.82) is 0 Å². The highest BCUT2D eigenvalue weighted by Gasteiger charge is 2.34. The first-order valence-corrected chi connectivity index (χ1v) is 5.87. The van der Waals surface area contributed by atoms with Crippen LogP contribution in [-0.4, -0.2) is 41.1 Å². The fraction of sp³-hybridized carbons (Fsp3) is 0.364. The number of carbonyl (C=O) groups excluding carboxylic acids is 1. The standard InChI is InChI=1S/C11H13BClNO3/c13-10-4-2-1-3-9(10)11(15)14-6-5-8(7-14)12(16)17/h1-4,8,16-17H,5-7H2. The van der Waals surface area contributed by atoms with Gasteiger partial charge in [-0.1, -0.05) is 23.7 Å². The summed E-state index contributed by atoms with van der Waals surface area (Å²) in [4.78, 5) is 13.7. The van der Waals surface area contributed by atoms with Crippen molar-refractivity contribution in [2.45, 2.75) is 12.2 Å². The van der Waals surface area contributed by atoms with E-state index in [1.807, 2.05) is 0 Å². The normalized spacial score (nSPS) is 19.5. The summed E-state index contributed by atoms with van der Waals surface area (Å²) in [6, 6.07) is 6.87. The summed E-state index contributed by atoms with van der Waals surface area (Å²) in [5.74, 6) is -0.416. The second kappa shape index (κ2) is 5.08. The number of likely N-dealkylation sites (tertiary alicyclic amines) is 1. The molecule has 17 heavy (non-hydrogen) atoms. The molecule has 0 aliphatic carbocycles. The van der Waals surface area contributed by atoms with Gasteiger partial charge in [0, 0.05) is 18.9 Å². The Labute approximate surface area is 105 Å². The topological polar surface area (TPSA) is 60.8 Å². The fourth-order valence-corrected chi connectivity index (χ4v) is 2.24. The molecule has 1 atom stereocenters. The first-order chi connectivity index (χ1) is 8.09. The van der Waals surface area contributed by atoms with Crippen molar-refractivity contribution in [3.63, 3.8) is 0 Å². The molecule has 90 valence electrons. The Bertz CT molecular complexity index is 427. The molecule has 0 radical (unpaired) electrons. The average Bonchev–Trinajstić information content (AvgIpc) is 2.78. The Morgan fingerprint density at radius 1 is 1.41 bits per heavy atom. The molecule has 0 aromatic heterocycles. The molecule has 4 nitrogen and oxygen atoms in total. The average molecular weight is 253 g/mol. The van der Waals surface area contributed by atoms with Crippen molar-refractivity contribution >= 4 is 24.6 Å². The number of amides is 1. The molecule has 2 N–H and O–H groups in total. The lowest BCUT2D eigenvalue weighted by molar-refractivity contribution is 0.0792. The molecule has 1 saturated heterocycles. The van der Waals surface area contributed by atoms with Crippen LogP contribution in [0.3, 0.4) is 0 Å². The summed E-state index contributed by atoms with van der Waals surface area (Å²) in [5, 5.41) is 18.6. The largest absolute Gasteiger partial charge is 0.456 e. The zero-order valence-electron chi connectivity index (χ0n) is 9.21. The molecule has 0 bridgehead atoms. The minimum atomic E-state index is -1.36. The van der Waals surface area contributed by atoms with E-state index in [-0.39, 0.29) is 11.7 Å². The van der Waals surface area contributed by atoms with E-state index < -0.39 is 7.12 Å². The Morgan fingerprint density at radius 3 is 2.71 bits per heavy atom. The summed E-state index contributed by atoms with van der Waals surface area (Å²) >= 11 is 5.95. The second-order valence-electron chi connectivity index (χ2n) is 4.19. The van der Waals surface area contributed by atoms with Crippen molar-refractivity contribution in [3.05, 3.63) is 34.9 Å². The van der Waals surface area contributed by atoms with Crippen LogP contribution in [-0.2, 0) is 0 Å². The van der Waals surface area contributed by atoms with Crippen molar-refractivity contribution in [2.24, 2.45) is 0 Å². The van der Waals surface area contributed by atoms with Gasteiger partial charge in [0.05, 0.1) is 10.6 Å². The molecule has 1 unspecified atom stereocenters. The second-order valence-corrected chi connectivity index (χ2v) is 4.60. The lowest BCUT2D eigenvalue weighted by atomic mass is 9.72. The van der Waals surface area contributed by atoms with E-state index in [1.165, 1.54) is 0 Å². The molecular formula is C11H13BClNO3. The highest BCUT2D eigenvalue weighted by molar-refractivity contribution is 6.43. The third-order valence-corrected chi connectivity index (χ3v) is 3.37. The lowest BCUT2D eigenvalue weighted by Crippen LogP contribution is -2.30. The molecule has 1 aromatic carbocycles. The molecule has 1 amide bonds. The third-order valence-electron chi connectivity index (χ3n) is 3.04. The van der Waals surface area contributed by atoms with E-state index in [2.05, 4.69) is 0 Å². The van der Waals surface area contributed by atoms with Crippen LogP contribution < -0.4 is 0 Å². The van der Waals surface area contributed by atoms with Crippen LogP contribution >= 0.6 is 11.6 Å².